The molecular weight excluding hydrogens is 436 g/mol. The number of rotatable bonds is 7. The summed E-state index contributed by atoms with van der Waals surface area (Å²) in [5.74, 6) is -0.754. The molecule has 6 nitrogen and oxygen atoms in total. The molecule has 1 aromatic heterocycles. The van der Waals surface area contributed by atoms with E-state index in [4.69, 9.17) is 4.74 Å². The maximum atomic E-state index is 12.8. The fraction of sp³-hybridized carbons (Fsp3) is 0.346. The van der Waals surface area contributed by atoms with Crippen molar-refractivity contribution in [2.45, 2.75) is 59.1 Å². The van der Waals surface area contributed by atoms with Gasteiger partial charge in [0.1, 0.15) is 15.6 Å². The van der Waals surface area contributed by atoms with Crippen molar-refractivity contribution >= 4 is 23.2 Å². The lowest BCUT2D eigenvalue weighted by molar-refractivity contribution is -0.152. The lowest BCUT2D eigenvalue weighted by Crippen LogP contribution is -2.37. The van der Waals surface area contributed by atoms with Crippen molar-refractivity contribution in [3.8, 4) is 16.3 Å². The standard InChI is InChI=1S/C26H30N2O4S/c1-16-21(33-23(28-16)18-9-11-19(12-10-18)25(2,3)4)22(29)27-15-17-7-13-20(14-8-17)32-26(5,6)24(30)31/h7-14H,15H2,1-6H3,(H,27,29)(H,30,31). The van der Waals surface area contributed by atoms with Crippen molar-refractivity contribution in [2.75, 3.05) is 0 Å². The number of carbonyl (C=O) groups excluding carboxylic acids is 1. The van der Waals surface area contributed by atoms with Crippen LogP contribution in [0.4, 0.5) is 0 Å². The number of aromatic nitrogens is 1. The fourth-order valence-corrected chi connectivity index (χ4v) is 4.11. The average Bonchev–Trinajstić information content (AvgIpc) is 3.14. The zero-order chi connectivity index (χ0) is 24.4. The summed E-state index contributed by atoms with van der Waals surface area (Å²) in [5.41, 5.74) is 2.59. The number of aliphatic carboxylic acids is 1. The molecule has 0 atom stereocenters. The van der Waals surface area contributed by atoms with Crippen molar-refractivity contribution in [1.82, 2.24) is 10.3 Å². The first-order valence-corrected chi connectivity index (χ1v) is 11.6. The molecule has 0 unspecified atom stereocenters. The van der Waals surface area contributed by atoms with E-state index in [0.717, 1.165) is 16.1 Å². The maximum absolute atomic E-state index is 12.8. The number of benzene rings is 2. The first-order chi connectivity index (χ1) is 15.4. The second-order valence-corrected chi connectivity index (χ2v) is 10.5. The van der Waals surface area contributed by atoms with Crippen LogP contribution in [0.2, 0.25) is 0 Å². The highest BCUT2D eigenvalue weighted by molar-refractivity contribution is 7.17. The summed E-state index contributed by atoms with van der Waals surface area (Å²) in [6.45, 7) is 11.7. The minimum Gasteiger partial charge on any atom is -0.478 e. The van der Waals surface area contributed by atoms with Crippen molar-refractivity contribution < 1.29 is 19.4 Å². The zero-order valence-electron chi connectivity index (χ0n) is 19.9. The van der Waals surface area contributed by atoms with Crippen LogP contribution < -0.4 is 10.1 Å². The Labute approximate surface area is 198 Å². The van der Waals surface area contributed by atoms with E-state index in [1.54, 1.807) is 24.3 Å². The highest BCUT2D eigenvalue weighted by Crippen LogP contribution is 2.30. The summed E-state index contributed by atoms with van der Waals surface area (Å²) in [7, 11) is 0. The molecule has 174 valence electrons. The molecule has 0 spiro atoms. The van der Waals surface area contributed by atoms with Crippen molar-refractivity contribution in [2.24, 2.45) is 0 Å². The van der Waals surface area contributed by atoms with Crippen LogP contribution in [0.1, 0.15) is 61.1 Å². The fourth-order valence-electron chi connectivity index (χ4n) is 3.12. The van der Waals surface area contributed by atoms with Crippen LogP contribution in [0.3, 0.4) is 0 Å². The van der Waals surface area contributed by atoms with Crippen molar-refractivity contribution in [3.63, 3.8) is 0 Å². The second kappa shape index (κ2) is 9.35. The number of carboxylic acid groups (broad SMARTS) is 1. The molecular formula is C26H30N2O4S. The summed E-state index contributed by atoms with van der Waals surface area (Å²) in [6, 6.07) is 15.3. The summed E-state index contributed by atoms with van der Waals surface area (Å²) in [6.07, 6.45) is 0. The Morgan fingerprint density at radius 2 is 1.61 bits per heavy atom. The monoisotopic (exact) mass is 466 g/mol. The van der Waals surface area contributed by atoms with Crippen LogP contribution in [0.5, 0.6) is 5.75 Å². The van der Waals surface area contributed by atoms with Gasteiger partial charge in [0, 0.05) is 12.1 Å². The third-order valence-electron chi connectivity index (χ3n) is 5.27. The largest absolute Gasteiger partial charge is 0.478 e. The van der Waals surface area contributed by atoms with Gasteiger partial charge in [-0.05, 0) is 49.4 Å². The number of thiazole rings is 1. The smallest absolute Gasteiger partial charge is 0.347 e. The van der Waals surface area contributed by atoms with Gasteiger partial charge in [0.05, 0.1) is 5.69 Å². The number of carboxylic acids is 1. The number of hydrogen-bond acceptors (Lipinski definition) is 5. The highest BCUT2D eigenvalue weighted by atomic mass is 32.1. The van der Waals surface area contributed by atoms with Crippen LogP contribution in [-0.2, 0) is 16.8 Å². The predicted octanol–water partition coefficient (Wildman–Crippen LogP) is 5.59. The van der Waals surface area contributed by atoms with E-state index >= 15 is 0 Å². The number of aryl methyl sites for hydroxylation is 1. The minimum atomic E-state index is -1.32. The molecule has 1 heterocycles. The van der Waals surface area contributed by atoms with Gasteiger partial charge in [-0.1, -0.05) is 57.2 Å². The third-order valence-corrected chi connectivity index (χ3v) is 6.47. The van der Waals surface area contributed by atoms with Gasteiger partial charge in [-0.2, -0.15) is 0 Å². The SMILES string of the molecule is Cc1nc(-c2ccc(C(C)(C)C)cc2)sc1C(=O)NCc1ccc(OC(C)(C)C(=O)O)cc1. The molecule has 3 rings (SSSR count). The Bertz CT molecular complexity index is 1140. The van der Waals surface area contributed by atoms with Gasteiger partial charge < -0.3 is 15.2 Å². The lowest BCUT2D eigenvalue weighted by Gasteiger charge is -2.21. The third kappa shape index (κ3) is 5.99. The molecule has 2 N–H and O–H groups in total. The average molecular weight is 467 g/mol. The predicted molar refractivity (Wildman–Crippen MR) is 131 cm³/mol. The molecule has 33 heavy (non-hydrogen) atoms. The van der Waals surface area contributed by atoms with Gasteiger partial charge in [0.25, 0.3) is 5.91 Å². The van der Waals surface area contributed by atoms with E-state index in [1.165, 1.54) is 30.7 Å². The minimum absolute atomic E-state index is 0.0825. The molecule has 0 bridgehead atoms. The summed E-state index contributed by atoms with van der Waals surface area (Å²) < 4.78 is 5.51. The number of hydrogen-bond donors (Lipinski definition) is 2. The first-order valence-electron chi connectivity index (χ1n) is 10.7. The molecule has 0 saturated heterocycles. The van der Waals surface area contributed by atoms with E-state index < -0.39 is 11.6 Å². The molecule has 2 aromatic carbocycles. The van der Waals surface area contributed by atoms with Crippen molar-refractivity contribution in [1.29, 1.82) is 0 Å². The first kappa shape index (κ1) is 24.5. The van der Waals surface area contributed by atoms with Gasteiger partial charge in [0.2, 0.25) is 0 Å². The van der Waals surface area contributed by atoms with Crippen LogP contribution in [0.15, 0.2) is 48.5 Å². The van der Waals surface area contributed by atoms with E-state index in [2.05, 4.69) is 55.3 Å². The van der Waals surface area contributed by atoms with E-state index in [-0.39, 0.29) is 11.3 Å². The molecule has 0 aliphatic rings. The van der Waals surface area contributed by atoms with Gasteiger partial charge in [-0.25, -0.2) is 9.78 Å². The highest BCUT2D eigenvalue weighted by Gasteiger charge is 2.29. The molecule has 0 aliphatic heterocycles. The molecule has 7 heteroatoms. The zero-order valence-corrected chi connectivity index (χ0v) is 20.7. The van der Waals surface area contributed by atoms with Crippen LogP contribution in [0.25, 0.3) is 10.6 Å². The molecule has 0 saturated carbocycles. The number of nitrogens with one attached hydrogen (secondary N) is 1. The summed E-state index contributed by atoms with van der Waals surface area (Å²) >= 11 is 1.38. The molecule has 3 aromatic rings. The van der Waals surface area contributed by atoms with Gasteiger partial charge in [-0.15, -0.1) is 11.3 Å². The van der Waals surface area contributed by atoms with E-state index in [9.17, 15) is 14.7 Å². The van der Waals surface area contributed by atoms with E-state index in [0.29, 0.717) is 22.9 Å². The van der Waals surface area contributed by atoms with Crippen LogP contribution in [-0.4, -0.2) is 27.6 Å². The van der Waals surface area contributed by atoms with Gasteiger partial charge >= 0.3 is 5.97 Å². The molecule has 0 fully saturated rings. The number of carbonyl (C=O) groups is 2. The summed E-state index contributed by atoms with van der Waals surface area (Å²) in [5, 5.41) is 12.9. The maximum Gasteiger partial charge on any atom is 0.347 e. The Morgan fingerprint density at radius 3 is 2.15 bits per heavy atom. The molecule has 0 aliphatic carbocycles. The Balaban J connectivity index is 1.64. The van der Waals surface area contributed by atoms with Gasteiger partial charge in [0.15, 0.2) is 5.60 Å². The number of amides is 1. The molecule has 0 radical (unpaired) electrons. The normalized spacial score (nSPS) is 11.8. The number of ether oxygens (including phenoxy) is 1. The van der Waals surface area contributed by atoms with Crippen molar-refractivity contribution in [3.05, 3.63) is 70.2 Å². The Kier molecular flexibility index (Phi) is 6.93. The second-order valence-electron chi connectivity index (χ2n) is 9.51. The van der Waals surface area contributed by atoms with Crippen LogP contribution in [0, 0.1) is 6.92 Å². The lowest BCUT2D eigenvalue weighted by atomic mass is 9.87. The van der Waals surface area contributed by atoms with E-state index in [1.807, 2.05) is 6.92 Å². The molecule has 1 amide bonds. The topological polar surface area (TPSA) is 88.5 Å². The Morgan fingerprint density at radius 1 is 1.00 bits per heavy atom. The Hall–Kier alpha value is -3.19. The van der Waals surface area contributed by atoms with Crippen LogP contribution >= 0.6 is 11.3 Å². The quantitative estimate of drug-likeness (QED) is 0.474. The summed E-state index contributed by atoms with van der Waals surface area (Å²) in [4.78, 5) is 29.2. The van der Waals surface area contributed by atoms with Gasteiger partial charge in [-0.3, -0.25) is 4.79 Å². The number of nitrogens with zero attached hydrogens (tertiary/aromatic N) is 1.